The van der Waals surface area contributed by atoms with Crippen molar-refractivity contribution in [2.75, 3.05) is 32.9 Å². The molecule has 1 saturated heterocycles. The summed E-state index contributed by atoms with van der Waals surface area (Å²) in [5.41, 5.74) is -0.0226. The average molecular weight is 214 g/mol. The van der Waals surface area contributed by atoms with Crippen molar-refractivity contribution in [3.63, 3.8) is 0 Å². The van der Waals surface area contributed by atoms with E-state index in [-0.39, 0.29) is 24.0 Å². The van der Waals surface area contributed by atoms with Gasteiger partial charge in [0, 0.05) is 18.5 Å². The molecule has 1 amide bonds. The first-order valence-electron chi connectivity index (χ1n) is 5.45. The number of hydrogen-bond acceptors (Lipinski definition) is 4. The fourth-order valence-electron chi connectivity index (χ4n) is 1.70. The number of carbonyl (C=O) groups excluding carboxylic acids is 1. The Balaban J connectivity index is 1.72. The Morgan fingerprint density at radius 3 is 2.93 bits per heavy atom. The van der Waals surface area contributed by atoms with E-state index < -0.39 is 0 Å². The lowest BCUT2D eigenvalue weighted by atomic mass is 10.1. The maximum absolute atomic E-state index is 11.7. The monoisotopic (exact) mass is 214 g/mol. The Bertz CT molecular complexity index is 235. The highest BCUT2D eigenvalue weighted by Crippen LogP contribution is 2.44. The Labute approximate surface area is 89.2 Å². The molecule has 0 aromatic heterocycles. The van der Waals surface area contributed by atoms with Crippen LogP contribution in [0.1, 0.15) is 12.8 Å². The molecule has 0 radical (unpaired) electrons. The third-order valence-corrected chi connectivity index (χ3v) is 3.17. The predicted molar refractivity (Wildman–Crippen MR) is 54.4 cm³/mol. The van der Waals surface area contributed by atoms with Gasteiger partial charge in [-0.15, -0.1) is 0 Å². The normalized spacial score (nSPS) is 28.5. The van der Waals surface area contributed by atoms with Crippen molar-refractivity contribution in [2.45, 2.75) is 18.9 Å². The van der Waals surface area contributed by atoms with Gasteiger partial charge in [-0.25, -0.2) is 0 Å². The van der Waals surface area contributed by atoms with Gasteiger partial charge in [-0.1, -0.05) is 0 Å². The van der Waals surface area contributed by atoms with Gasteiger partial charge in [0.1, 0.15) is 6.04 Å². The summed E-state index contributed by atoms with van der Waals surface area (Å²) >= 11 is 0. The first-order chi connectivity index (χ1) is 7.26. The van der Waals surface area contributed by atoms with Crippen molar-refractivity contribution in [1.29, 1.82) is 0 Å². The van der Waals surface area contributed by atoms with E-state index in [0.717, 1.165) is 19.4 Å². The molecule has 2 fully saturated rings. The van der Waals surface area contributed by atoms with Crippen molar-refractivity contribution in [2.24, 2.45) is 5.41 Å². The van der Waals surface area contributed by atoms with E-state index in [9.17, 15) is 4.79 Å². The van der Waals surface area contributed by atoms with Crippen LogP contribution in [0.4, 0.5) is 0 Å². The van der Waals surface area contributed by atoms with E-state index in [1.165, 1.54) is 0 Å². The molecule has 1 heterocycles. The van der Waals surface area contributed by atoms with Gasteiger partial charge < -0.3 is 20.5 Å². The topological polar surface area (TPSA) is 70.6 Å². The third-order valence-electron chi connectivity index (χ3n) is 3.17. The van der Waals surface area contributed by atoms with Crippen LogP contribution in [-0.4, -0.2) is 50.0 Å². The number of morpholine rings is 1. The highest BCUT2D eigenvalue weighted by atomic mass is 16.5. The zero-order chi connectivity index (χ0) is 10.7. The first-order valence-corrected chi connectivity index (χ1v) is 5.45. The van der Waals surface area contributed by atoms with E-state index in [1.807, 2.05) is 0 Å². The fourth-order valence-corrected chi connectivity index (χ4v) is 1.70. The van der Waals surface area contributed by atoms with Crippen molar-refractivity contribution in [3.8, 4) is 0 Å². The van der Waals surface area contributed by atoms with Crippen molar-refractivity contribution in [3.05, 3.63) is 0 Å². The van der Waals surface area contributed by atoms with Crippen molar-refractivity contribution in [1.82, 2.24) is 10.6 Å². The zero-order valence-electron chi connectivity index (χ0n) is 8.79. The quantitative estimate of drug-likeness (QED) is 0.553. The molecule has 1 saturated carbocycles. The molecule has 3 N–H and O–H groups in total. The summed E-state index contributed by atoms with van der Waals surface area (Å²) in [6, 6.07) is -0.228. The van der Waals surface area contributed by atoms with Crippen LogP contribution in [0.2, 0.25) is 0 Å². The number of carbonyl (C=O) groups is 1. The smallest absolute Gasteiger partial charge is 0.239 e. The lowest BCUT2D eigenvalue weighted by Crippen LogP contribution is -2.52. The molecule has 1 aliphatic carbocycles. The van der Waals surface area contributed by atoms with Crippen LogP contribution in [0.3, 0.4) is 0 Å². The van der Waals surface area contributed by atoms with Crippen molar-refractivity contribution >= 4 is 5.91 Å². The molecule has 0 aromatic carbocycles. The summed E-state index contributed by atoms with van der Waals surface area (Å²) in [4.78, 5) is 11.7. The van der Waals surface area contributed by atoms with Gasteiger partial charge in [0.15, 0.2) is 0 Å². The van der Waals surface area contributed by atoms with Gasteiger partial charge in [0.05, 0.1) is 19.8 Å². The number of rotatable bonds is 4. The first kappa shape index (κ1) is 10.9. The number of hydrogen-bond donors (Lipinski definition) is 3. The van der Waals surface area contributed by atoms with Gasteiger partial charge in [-0.05, 0) is 12.8 Å². The summed E-state index contributed by atoms with van der Waals surface area (Å²) in [6.07, 6.45) is 2.02. The summed E-state index contributed by atoms with van der Waals surface area (Å²) in [5.74, 6) is -0.0191. The minimum absolute atomic E-state index is 0.0191. The summed E-state index contributed by atoms with van der Waals surface area (Å²) in [6.45, 7) is 2.59. The highest BCUT2D eigenvalue weighted by molar-refractivity contribution is 5.82. The molecule has 0 bridgehead atoms. The second kappa shape index (κ2) is 4.47. The molecule has 2 rings (SSSR count). The lowest BCUT2D eigenvalue weighted by molar-refractivity contribution is -0.126. The third kappa shape index (κ3) is 2.68. The maximum atomic E-state index is 11.7. The van der Waals surface area contributed by atoms with Crippen molar-refractivity contribution < 1.29 is 14.6 Å². The summed E-state index contributed by atoms with van der Waals surface area (Å²) in [5, 5.41) is 15.0. The zero-order valence-corrected chi connectivity index (χ0v) is 8.79. The molecule has 1 aliphatic heterocycles. The van der Waals surface area contributed by atoms with Crippen LogP contribution in [-0.2, 0) is 9.53 Å². The summed E-state index contributed by atoms with van der Waals surface area (Å²) in [7, 11) is 0. The predicted octanol–water partition coefficient (Wildman–Crippen LogP) is -1.14. The van der Waals surface area contributed by atoms with Crippen LogP contribution in [0.25, 0.3) is 0 Å². The fraction of sp³-hybridized carbons (Fsp3) is 0.900. The van der Waals surface area contributed by atoms with E-state index >= 15 is 0 Å². The van der Waals surface area contributed by atoms with Crippen LogP contribution < -0.4 is 10.6 Å². The van der Waals surface area contributed by atoms with Gasteiger partial charge in [-0.3, -0.25) is 4.79 Å². The Morgan fingerprint density at radius 2 is 2.40 bits per heavy atom. The minimum Gasteiger partial charge on any atom is -0.396 e. The Morgan fingerprint density at radius 1 is 1.60 bits per heavy atom. The Hall–Kier alpha value is -0.650. The number of ether oxygens (including phenoxy) is 1. The molecular formula is C10H18N2O3. The highest BCUT2D eigenvalue weighted by Gasteiger charge is 2.42. The second-order valence-corrected chi connectivity index (χ2v) is 4.46. The van der Waals surface area contributed by atoms with Crippen LogP contribution in [0.15, 0.2) is 0 Å². The SMILES string of the molecule is O=C(NCC1(CO)CC1)C1COCCN1. The van der Waals surface area contributed by atoms with Gasteiger partial charge >= 0.3 is 0 Å². The summed E-state index contributed by atoms with van der Waals surface area (Å²) < 4.78 is 5.20. The van der Waals surface area contributed by atoms with E-state index in [2.05, 4.69) is 10.6 Å². The lowest BCUT2D eigenvalue weighted by Gasteiger charge is -2.23. The van der Waals surface area contributed by atoms with E-state index in [0.29, 0.717) is 19.8 Å². The molecule has 5 nitrogen and oxygen atoms in total. The van der Waals surface area contributed by atoms with Crippen LogP contribution in [0.5, 0.6) is 0 Å². The van der Waals surface area contributed by atoms with Gasteiger partial charge in [0.2, 0.25) is 5.91 Å². The molecule has 0 spiro atoms. The molecule has 0 aromatic rings. The average Bonchev–Trinajstić information content (AvgIpc) is 3.08. The molecule has 15 heavy (non-hydrogen) atoms. The van der Waals surface area contributed by atoms with Gasteiger partial charge in [-0.2, -0.15) is 0 Å². The van der Waals surface area contributed by atoms with E-state index in [4.69, 9.17) is 9.84 Å². The molecule has 1 unspecified atom stereocenters. The number of aliphatic hydroxyl groups is 1. The molecule has 1 atom stereocenters. The number of amides is 1. The molecule has 2 aliphatic rings. The molecule has 86 valence electrons. The number of nitrogens with one attached hydrogen (secondary N) is 2. The largest absolute Gasteiger partial charge is 0.396 e. The second-order valence-electron chi connectivity index (χ2n) is 4.46. The number of aliphatic hydroxyl groups excluding tert-OH is 1. The van der Waals surface area contributed by atoms with Gasteiger partial charge in [0.25, 0.3) is 0 Å². The minimum atomic E-state index is -0.228. The Kier molecular flexibility index (Phi) is 3.23. The van der Waals surface area contributed by atoms with Crippen LogP contribution in [0, 0.1) is 5.41 Å². The maximum Gasteiger partial charge on any atom is 0.239 e. The molecule has 5 heteroatoms. The van der Waals surface area contributed by atoms with Crippen LogP contribution >= 0.6 is 0 Å². The molecular weight excluding hydrogens is 196 g/mol. The standard InChI is InChI=1S/C10H18N2O3/c13-7-10(1-2-10)6-12-9(14)8-5-15-4-3-11-8/h8,11,13H,1-7H2,(H,12,14). The van der Waals surface area contributed by atoms with E-state index in [1.54, 1.807) is 0 Å².